The van der Waals surface area contributed by atoms with Crippen LogP contribution in [0.1, 0.15) is 5.69 Å². The number of anilines is 2. The Morgan fingerprint density at radius 2 is 2.20 bits per heavy atom. The Hall–Kier alpha value is -2.15. The normalized spacial score (nSPS) is 10.9. The van der Waals surface area contributed by atoms with Crippen LogP contribution >= 0.6 is 11.3 Å². The van der Waals surface area contributed by atoms with Crippen molar-refractivity contribution in [1.82, 2.24) is 19.7 Å². The summed E-state index contributed by atoms with van der Waals surface area (Å²) in [5.41, 5.74) is 1.20. The molecule has 3 aromatic heterocycles. The Labute approximate surface area is 120 Å². The standard InChI is InChI=1S/C13H16N6S/c1-14-13-17-11(10-5-8-20-12(10)18-13)15-6-3-9-4-7-16-19(9)2/h4-5,7-8H,3,6H2,1-2H3,(H2,14,15,17,18). The number of rotatable bonds is 5. The third-order valence-corrected chi connectivity index (χ3v) is 3.95. The molecule has 20 heavy (non-hydrogen) atoms. The van der Waals surface area contributed by atoms with Crippen molar-refractivity contribution in [2.75, 3.05) is 24.2 Å². The summed E-state index contributed by atoms with van der Waals surface area (Å²) in [5.74, 6) is 1.52. The molecule has 6 nitrogen and oxygen atoms in total. The summed E-state index contributed by atoms with van der Waals surface area (Å²) in [6, 6.07) is 4.08. The van der Waals surface area contributed by atoms with Crippen molar-refractivity contribution >= 4 is 33.3 Å². The van der Waals surface area contributed by atoms with Crippen molar-refractivity contribution in [2.45, 2.75) is 6.42 Å². The van der Waals surface area contributed by atoms with Crippen molar-refractivity contribution in [3.63, 3.8) is 0 Å². The molecule has 0 aliphatic rings. The molecule has 0 bridgehead atoms. The molecule has 0 unspecified atom stereocenters. The SMILES string of the molecule is CNc1nc(NCCc2ccnn2C)c2ccsc2n1. The van der Waals surface area contributed by atoms with E-state index >= 15 is 0 Å². The molecule has 0 atom stereocenters. The molecule has 3 rings (SSSR count). The zero-order chi connectivity index (χ0) is 13.9. The molecule has 0 aromatic carbocycles. The minimum Gasteiger partial charge on any atom is -0.369 e. The van der Waals surface area contributed by atoms with Crippen LogP contribution in [0.15, 0.2) is 23.7 Å². The molecular formula is C13H16N6S. The van der Waals surface area contributed by atoms with Gasteiger partial charge in [0.2, 0.25) is 5.95 Å². The fourth-order valence-electron chi connectivity index (χ4n) is 2.06. The molecule has 0 aliphatic carbocycles. The first kappa shape index (κ1) is 12.9. The van der Waals surface area contributed by atoms with Crippen molar-refractivity contribution in [1.29, 1.82) is 0 Å². The van der Waals surface area contributed by atoms with Gasteiger partial charge in [0.25, 0.3) is 0 Å². The topological polar surface area (TPSA) is 67.7 Å². The van der Waals surface area contributed by atoms with Crippen LogP contribution < -0.4 is 10.6 Å². The first-order valence-corrected chi connectivity index (χ1v) is 7.29. The molecule has 7 heteroatoms. The zero-order valence-electron chi connectivity index (χ0n) is 11.4. The highest BCUT2D eigenvalue weighted by molar-refractivity contribution is 7.16. The maximum Gasteiger partial charge on any atom is 0.225 e. The van der Waals surface area contributed by atoms with Gasteiger partial charge < -0.3 is 10.6 Å². The van der Waals surface area contributed by atoms with E-state index in [1.807, 2.05) is 42.5 Å². The largest absolute Gasteiger partial charge is 0.369 e. The predicted octanol–water partition coefficient (Wildman–Crippen LogP) is 2.12. The van der Waals surface area contributed by atoms with Crippen LogP contribution in [0.3, 0.4) is 0 Å². The maximum absolute atomic E-state index is 4.48. The molecule has 0 amide bonds. The van der Waals surface area contributed by atoms with Crippen LogP contribution in [0.4, 0.5) is 11.8 Å². The quantitative estimate of drug-likeness (QED) is 0.752. The number of nitrogens with zero attached hydrogens (tertiary/aromatic N) is 4. The van der Waals surface area contributed by atoms with E-state index in [0.717, 1.165) is 29.0 Å². The van der Waals surface area contributed by atoms with Gasteiger partial charge in [0.05, 0.1) is 5.39 Å². The molecule has 0 saturated heterocycles. The molecule has 0 spiro atoms. The van der Waals surface area contributed by atoms with Crippen molar-refractivity contribution in [3.8, 4) is 0 Å². The van der Waals surface area contributed by atoms with E-state index in [1.54, 1.807) is 11.3 Å². The lowest BCUT2D eigenvalue weighted by Crippen LogP contribution is -2.10. The van der Waals surface area contributed by atoms with E-state index < -0.39 is 0 Å². The van der Waals surface area contributed by atoms with Crippen LogP contribution in [0.25, 0.3) is 10.2 Å². The third kappa shape index (κ3) is 2.44. The summed E-state index contributed by atoms with van der Waals surface area (Å²) in [6.45, 7) is 0.810. The number of fused-ring (bicyclic) bond motifs is 1. The lowest BCUT2D eigenvalue weighted by Gasteiger charge is -2.08. The summed E-state index contributed by atoms with van der Waals surface area (Å²) in [7, 11) is 3.78. The third-order valence-electron chi connectivity index (χ3n) is 3.14. The maximum atomic E-state index is 4.48. The molecule has 0 saturated carbocycles. The lowest BCUT2D eigenvalue weighted by atomic mass is 10.3. The van der Waals surface area contributed by atoms with Gasteiger partial charge in [-0.25, -0.2) is 4.98 Å². The number of nitrogens with one attached hydrogen (secondary N) is 2. The second kappa shape index (κ2) is 5.46. The molecule has 104 valence electrons. The van der Waals surface area contributed by atoms with Gasteiger partial charge in [0.15, 0.2) is 0 Å². The minimum atomic E-state index is 0.642. The molecule has 2 N–H and O–H groups in total. The predicted molar refractivity (Wildman–Crippen MR) is 82.4 cm³/mol. The summed E-state index contributed by atoms with van der Waals surface area (Å²) in [4.78, 5) is 9.91. The average molecular weight is 288 g/mol. The average Bonchev–Trinajstić information content (AvgIpc) is 3.07. The van der Waals surface area contributed by atoms with Gasteiger partial charge in [-0.1, -0.05) is 0 Å². The summed E-state index contributed by atoms with van der Waals surface area (Å²) < 4.78 is 1.89. The Morgan fingerprint density at radius 3 is 2.95 bits per heavy atom. The highest BCUT2D eigenvalue weighted by Gasteiger charge is 2.08. The van der Waals surface area contributed by atoms with E-state index in [0.29, 0.717) is 5.95 Å². The van der Waals surface area contributed by atoms with E-state index in [4.69, 9.17) is 0 Å². The fraction of sp³-hybridized carbons (Fsp3) is 0.308. The van der Waals surface area contributed by atoms with E-state index in [1.165, 1.54) is 5.69 Å². The van der Waals surface area contributed by atoms with Gasteiger partial charge in [-0.15, -0.1) is 11.3 Å². The van der Waals surface area contributed by atoms with E-state index in [-0.39, 0.29) is 0 Å². The summed E-state index contributed by atoms with van der Waals surface area (Å²) in [5, 5.41) is 13.6. The van der Waals surface area contributed by atoms with Gasteiger partial charge in [0, 0.05) is 39.0 Å². The molecule has 0 fully saturated rings. The van der Waals surface area contributed by atoms with Crippen LogP contribution in [0.2, 0.25) is 0 Å². The fourth-order valence-corrected chi connectivity index (χ4v) is 2.82. The minimum absolute atomic E-state index is 0.642. The van der Waals surface area contributed by atoms with Gasteiger partial charge in [-0.2, -0.15) is 10.1 Å². The molecule has 0 aliphatic heterocycles. The number of aromatic nitrogens is 4. The van der Waals surface area contributed by atoms with Crippen molar-refractivity contribution in [2.24, 2.45) is 7.05 Å². The van der Waals surface area contributed by atoms with Gasteiger partial charge in [-0.3, -0.25) is 4.68 Å². The Balaban J connectivity index is 1.76. The summed E-state index contributed by atoms with van der Waals surface area (Å²) >= 11 is 1.62. The van der Waals surface area contributed by atoms with Crippen LogP contribution in [0, 0.1) is 0 Å². The highest BCUT2D eigenvalue weighted by atomic mass is 32.1. The number of hydrogen-bond donors (Lipinski definition) is 2. The van der Waals surface area contributed by atoms with Crippen LogP contribution in [0.5, 0.6) is 0 Å². The first-order valence-electron chi connectivity index (χ1n) is 6.41. The Bertz CT molecular complexity index is 717. The molecular weight excluding hydrogens is 272 g/mol. The molecule has 3 aromatic rings. The second-order valence-corrected chi connectivity index (χ2v) is 5.30. The van der Waals surface area contributed by atoms with Gasteiger partial charge >= 0.3 is 0 Å². The number of thiophene rings is 1. The van der Waals surface area contributed by atoms with Crippen molar-refractivity contribution in [3.05, 3.63) is 29.4 Å². The Kier molecular flexibility index (Phi) is 3.51. The Morgan fingerprint density at radius 1 is 1.30 bits per heavy atom. The molecule has 3 heterocycles. The zero-order valence-corrected chi connectivity index (χ0v) is 12.2. The lowest BCUT2D eigenvalue weighted by molar-refractivity contribution is 0.711. The number of aryl methyl sites for hydroxylation is 1. The van der Waals surface area contributed by atoms with E-state index in [2.05, 4.69) is 25.7 Å². The van der Waals surface area contributed by atoms with E-state index in [9.17, 15) is 0 Å². The number of hydrogen-bond acceptors (Lipinski definition) is 6. The first-order chi connectivity index (χ1) is 9.78. The summed E-state index contributed by atoms with van der Waals surface area (Å²) in [6.07, 6.45) is 2.72. The van der Waals surface area contributed by atoms with Gasteiger partial charge in [0.1, 0.15) is 10.6 Å². The smallest absolute Gasteiger partial charge is 0.225 e. The van der Waals surface area contributed by atoms with Crippen molar-refractivity contribution < 1.29 is 0 Å². The highest BCUT2D eigenvalue weighted by Crippen LogP contribution is 2.26. The van der Waals surface area contributed by atoms with Crippen LogP contribution in [-0.2, 0) is 13.5 Å². The molecule has 0 radical (unpaired) electrons. The monoisotopic (exact) mass is 288 g/mol. The van der Waals surface area contributed by atoms with Gasteiger partial charge in [-0.05, 0) is 17.5 Å². The second-order valence-electron chi connectivity index (χ2n) is 4.41. The van der Waals surface area contributed by atoms with Crippen LogP contribution in [-0.4, -0.2) is 33.3 Å².